The van der Waals surface area contributed by atoms with Gasteiger partial charge in [-0.1, -0.05) is 47.5 Å². The van der Waals surface area contributed by atoms with E-state index < -0.39 is 30.3 Å². The van der Waals surface area contributed by atoms with Crippen molar-refractivity contribution in [2.24, 2.45) is 4.99 Å². The molecular weight excluding hydrogens is 614 g/mol. The number of rotatable bonds is 8. The van der Waals surface area contributed by atoms with Gasteiger partial charge in [0, 0.05) is 17.6 Å². The zero-order valence-electron chi connectivity index (χ0n) is 26.1. The summed E-state index contributed by atoms with van der Waals surface area (Å²) < 4.78 is 0. The molecule has 4 aromatic rings. The van der Waals surface area contributed by atoms with E-state index in [0.717, 1.165) is 45.4 Å². The third kappa shape index (κ3) is 6.51. The largest absolute Gasteiger partial charge is 0.492 e. The minimum absolute atomic E-state index is 0.0667. The van der Waals surface area contributed by atoms with Crippen molar-refractivity contribution >= 4 is 46.2 Å². The molecule has 2 aromatic heterocycles. The Balaban J connectivity index is 1.48. The number of aromatic hydroxyl groups is 1. The monoisotopic (exact) mass is 645 g/mol. The first kappa shape index (κ1) is 31.7. The third-order valence-corrected chi connectivity index (χ3v) is 8.09. The fourth-order valence-corrected chi connectivity index (χ4v) is 5.84. The summed E-state index contributed by atoms with van der Waals surface area (Å²) in [5, 5.41) is 31.3. The van der Waals surface area contributed by atoms with Gasteiger partial charge in [0.1, 0.15) is 6.04 Å². The highest BCUT2D eigenvalue weighted by Gasteiger charge is 2.28. The van der Waals surface area contributed by atoms with E-state index in [1.54, 1.807) is 18.2 Å². The highest BCUT2D eigenvalue weighted by Crippen LogP contribution is 2.40. The highest BCUT2D eigenvalue weighted by atomic mass is 16.4. The number of benzene rings is 2. The molecule has 0 saturated carbocycles. The van der Waals surface area contributed by atoms with Crippen LogP contribution in [0.3, 0.4) is 0 Å². The van der Waals surface area contributed by atoms with E-state index in [1.807, 2.05) is 26.0 Å². The molecule has 0 aliphatic heterocycles. The Morgan fingerprint density at radius 2 is 1.67 bits per heavy atom. The predicted octanol–water partition coefficient (Wildman–Crippen LogP) is 3.60. The molecule has 2 heterocycles. The Kier molecular flexibility index (Phi) is 8.51. The molecule has 0 saturated heterocycles. The molecule has 2 aliphatic carbocycles. The summed E-state index contributed by atoms with van der Waals surface area (Å²) >= 11 is 0. The number of anilines is 1. The number of nitrogen functional groups attached to an aromatic ring is 1. The SMILES string of the molecule is Cc1ccc2c(c1)Cc1cc(C)ccc1C2=C1C=C(C(=O)NC(CCC(=O)O)C(=O)O)C=C/C1=N\Cc1cnc2c(O)nc(N)nc2n1. The van der Waals surface area contributed by atoms with Crippen LogP contribution in [0.15, 0.2) is 77.0 Å². The number of aliphatic imine (C=N–C) groups is 1. The number of nitrogens with two attached hydrogens (primary N) is 1. The topological polar surface area (TPSA) is 214 Å². The summed E-state index contributed by atoms with van der Waals surface area (Å²) in [6.07, 6.45) is 6.39. The summed E-state index contributed by atoms with van der Waals surface area (Å²) in [7, 11) is 0. The van der Waals surface area contributed by atoms with Gasteiger partial charge >= 0.3 is 11.9 Å². The molecule has 48 heavy (non-hydrogen) atoms. The normalized spacial score (nSPS) is 15.1. The third-order valence-electron chi connectivity index (χ3n) is 8.09. The van der Waals surface area contributed by atoms with Crippen LogP contribution in [-0.4, -0.2) is 64.9 Å². The van der Waals surface area contributed by atoms with Crippen LogP contribution >= 0.6 is 0 Å². The second-order valence-corrected chi connectivity index (χ2v) is 11.7. The summed E-state index contributed by atoms with van der Waals surface area (Å²) in [6.45, 7) is 4.13. The number of nitrogens with zero attached hydrogens (tertiary/aromatic N) is 5. The number of carbonyl (C=O) groups excluding carboxylic acids is 1. The van der Waals surface area contributed by atoms with Gasteiger partial charge in [-0.3, -0.25) is 14.6 Å². The van der Waals surface area contributed by atoms with Gasteiger partial charge in [0.05, 0.1) is 24.1 Å². The van der Waals surface area contributed by atoms with Crippen molar-refractivity contribution in [1.82, 2.24) is 25.3 Å². The summed E-state index contributed by atoms with van der Waals surface area (Å²) in [6, 6.07) is 11.1. The molecule has 6 rings (SSSR count). The van der Waals surface area contributed by atoms with Crippen molar-refractivity contribution < 1.29 is 29.7 Å². The number of hydrogen-bond acceptors (Lipinski definition) is 10. The predicted molar refractivity (Wildman–Crippen MR) is 177 cm³/mol. The van der Waals surface area contributed by atoms with Crippen molar-refractivity contribution in [2.45, 2.75) is 45.7 Å². The van der Waals surface area contributed by atoms with Crippen LogP contribution in [-0.2, 0) is 27.3 Å². The van der Waals surface area contributed by atoms with Gasteiger partial charge in [-0.25, -0.2) is 14.8 Å². The second kappa shape index (κ2) is 12.9. The van der Waals surface area contributed by atoms with Crippen LogP contribution in [0.5, 0.6) is 5.88 Å². The van der Waals surface area contributed by atoms with E-state index in [4.69, 9.17) is 15.8 Å². The van der Waals surface area contributed by atoms with Crippen LogP contribution in [0.4, 0.5) is 5.95 Å². The van der Waals surface area contributed by atoms with Crippen LogP contribution in [0.1, 0.15) is 51.9 Å². The maximum absolute atomic E-state index is 13.5. The van der Waals surface area contributed by atoms with Gasteiger partial charge in [-0.2, -0.15) is 9.97 Å². The molecule has 2 aliphatic rings. The van der Waals surface area contributed by atoms with E-state index in [-0.39, 0.29) is 41.5 Å². The first-order valence-corrected chi connectivity index (χ1v) is 15.1. The molecular formula is C35H31N7O6. The van der Waals surface area contributed by atoms with Gasteiger partial charge in [0.15, 0.2) is 11.2 Å². The average Bonchev–Trinajstić information content (AvgIpc) is 3.03. The van der Waals surface area contributed by atoms with Crippen molar-refractivity contribution in [1.29, 1.82) is 0 Å². The lowest BCUT2D eigenvalue weighted by Gasteiger charge is -2.27. The molecule has 1 amide bonds. The molecule has 13 nitrogen and oxygen atoms in total. The maximum atomic E-state index is 13.5. The van der Waals surface area contributed by atoms with Crippen LogP contribution in [0, 0.1) is 13.8 Å². The number of carboxylic acids is 2. The van der Waals surface area contributed by atoms with Gasteiger partial charge in [0.2, 0.25) is 11.8 Å². The number of nitrogens with one attached hydrogen (secondary N) is 1. The van der Waals surface area contributed by atoms with Crippen molar-refractivity contribution in [3.05, 3.63) is 111 Å². The lowest BCUT2D eigenvalue weighted by Crippen LogP contribution is -2.41. The minimum atomic E-state index is -1.39. The molecule has 6 N–H and O–H groups in total. The van der Waals surface area contributed by atoms with Gasteiger partial charge in [0.25, 0.3) is 5.91 Å². The van der Waals surface area contributed by atoms with Crippen LogP contribution in [0.2, 0.25) is 0 Å². The lowest BCUT2D eigenvalue weighted by atomic mass is 9.77. The molecule has 0 spiro atoms. The molecule has 1 atom stereocenters. The Hall–Kier alpha value is -6.24. The van der Waals surface area contributed by atoms with E-state index in [9.17, 15) is 24.6 Å². The number of amides is 1. The summed E-state index contributed by atoms with van der Waals surface area (Å²) in [4.78, 5) is 57.7. The number of carboxylic acid groups (broad SMARTS) is 2. The van der Waals surface area contributed by atoms with Crippen molar-refractivity contribution in [3.63, 3.8) is 0 Å². The number of hydrogen-bond donors (Lipinski definition) is 5. The van der Waals surface area contributed by atoms with Crippen molar-refractivity contribution in [3.8, 4) is 5.88 Å². The first-order chi connectivity index (χ1) is 23.0. The molecule has 1 unspecified atom stereocenters. The van der Waals surface area contributed by atoms with Crippen LogP contribution < -0.4 is 11.1 Å². The number of fused-ring (bicyclic) bond motifs is 3. The minimum Gasteiger partial charge on any atom is -0.492 e. The highest BCUT2D eigenvalue weighted by molar-refractivity contribution is 6.20. The lowest BCUT2D eigenvalue weighted by molar-refractivity contribution is -0.142. The summed E-state index contributed by atoms with van der Waals surface area (Å²) in [5.41, 5.74) is 14.9. The Morgan fingerprint density at radius 3 is 2.31 bits per heavy atom. The molecule has 242 valence electrons. The molecule has 0 radical (unpaired) electrons. The zero-order valence-corrected chi connectivity index (χ0v) is 26.1. The average molecular weight is 646 g/mol. The van der Waals surface area contributed by atoms with Crippen molar-refractivity contribution in [2.75, 3.05) is 5.73 Å². The number of carbonyl (C=O) groups is 3. The molecule has 0 fully saturated rings. The van der Waals surface area contributed by atoms with Gasteiger partial charge in [-0.15, -0.1) is 0 Å². The molecule has 2 aromatic carbocycles. The number of allylic oxidation sites excluding steroid dienone is 3. The molecule has 13 heteroatoms. The number of aryl methyl sites for hydroxylation is 2. The van der Waals surface area contributed by atoms with E-state index in [1.165, 1.54) is 6.20 Å². The van der Waals surface area contributed by atoms with E-state index >= 15 is 0 Å². The first-order valence-electron chi connectivity index (χ1n) is 15.1. The molecule has 0 bridgehead atoms. The zero-order chi connectivity index (χ0) is 34.1. The Labute approximate surface area is 274 Å². The quantitative estimate of drug-likeness (QED) is 0.164. The number of aliphatic carboxylic acids is 2. The second-order valence-electron chi connectivity index (χ2n) is 11.7. The van der Waals surface area contributed by atoms with Gasteiger partial charge in [-0.05, 0) is 72.7 Å². The van der Waals surface area contributed by atoms with E-state index in [0.29, 0.717) is 17.0 Å². The number of aromatic nitrogens is 4. The Bertz CT molecular complexity index is 2100. The Morgan fingerprint density at radius 1 is 0.979 bits per heavy atom. The van der Waals surface area contributed by atoms with Gasteiger partial charge < -0.3 is 26.4 Å². The fourth-order valence-electron chi connectivity index (χ4n) is 5.84. The smallest absolute Gasteiger partial charge is 0.326 e. The standard InChI is InChI=1S/C35H31N7O6/c1-17-3-6-23-20(11-17)13-21-12-18(2)4-7-24(21)29(23)25-14-19(32(45)40-27(34(47)48)9-10-28(43)44)5-8-26(25)37-15-22-16-38-30-31(39-22)41-35(36)42-33(30)46/h3-8,11-12,14,16,27H,9-10,13,15H2,1-2H3,(H,40,45)(H,43,44)(H,47,48)(H3,36,39,41,42,46)/b37-26+. The summed E-state index contributed by atoms with van der Waals surface area (Å²) in [5.74, 6) is -3.69. The van der Waals surface area contributed by atoms with E-state index in [2.05, 4.69) is 49.5 Å². The maximum Gasteiger partial charge on any atom is 0.326 e. The van der Waals surface area contributed by atoms with Crippen LogP contribution in [0.25, 0.3) is 16.7 Å². The fraction of sp³-hybridized carbons (Fsp3) is 0.200.